The summed E-state index contributed by atoms with van der Waals surface area (Å²) in [6.07, 6.45) is 6.65. The summed E-state index contributed by atoms with van der Waals surface area (Å²) in [7, 11) is -0.00487. The maximum absolute atomic E-state index is 12.5. The lowest BCUT2D eigenvalue weighted by Crippen LogP contribution is -2.54. The van der Waals surface area contributed by atoms with E-state index in [4.69, 9.17) is 0 Å². The van der Waals surface area contributed by atoms with Gasteiger partial charge in [-0.2, -0.15) is 0 Å². The SMILES string of the molecule is CC(C)(C)c1ccc([S+](c2ccccc2)c2ccccc2)cc1.O=C([O-])C12CC3CC(CC(C3)C1)C2.O=C([O-])c1c(F)c(F)c(F)c(F)c1F.O=C([O-])c1ccccc1.c1ccc(-[s+]2c3ccccc3c3ccccc32)cc1.c1ccc([S+](c2ccccc2)c2ccccc2)cc1. The number of carbonyl (C=O) groups excluding carboxylic acids is 3. The second kappa shape index (κ2) is 32.4. The van der Waals surface area contributed by atoms with Crippen molar-refractivity contribution in [2.75, 3.05) is 0 Å². The van der Waals surface area contributed by atoms with Crippen molar-refractivity contribution >= 4 is 70.3 Å². The minimum atomic E-state index is -2.47. The van der Waals surface area contributed by atoms with Gasteiger partial charge in [0, 0.05) is 32.6 Å². The Labute approximate surface area is 571 Å². The summed E-state index contributed by atoms with van der Waals surface area (Å²) in [4.78, 5) is 40.8. The van der Waals surface area contributed by atoms with Crippen LogP contribution in [0.4, 0.5) is 22.0 Å². The Morgan fingerprint density at radius 1 is 0.371 bits per heavy atom. The molecule has 0 amide bonds. The van der Waals surface area contributed by atoms with Gasteiger partial charge in [-0.3, -0.25) is 0 Å². The van der Waals surface area contributed by atoms with E-state index in [1.807, 2.05) is 0 Å². The predicted octanol–water partition coefficient (Wildman–Crippen LogP) is 18.3. The molecule has 492 valence electrons. The molecule has 1 heterocycles. The average Bonchev–Trinajstić information content (AvgIpc) is 1.74. The topological polar surface area (TPSA) is 120 Å². The zero-order valence-electron chi connectivity index (χ0n) is 53.7. The minimum absolute atomic E-state index is 0.0146. The highest BCUT2D eigenvalue weighted by molar-refractivity contribution is 7.97. The van der Waals surface area contributed by atoms with Crippen molar-refractivity contribution in [1.82, 2.24) is 0 Å². The Bertz CT molecular complexity index is 4310. The summed E-state index contributed by atoms with van der Waals surface area (Å²) >= 11 is 0. The van der Waals surface area contributed by atoms with Crippen molar-refractivity contribution in [3.63, 3.8) is 0 Å². The van der Waals surface area contributed by atoms with Crippen LogP contribution >= 0.6 is 10.5 Å². The molecular formula is C83H71F5O6S3. The van der Waals surface area contributed by atoms with Crippen LogP contribution in [0.5, 0.6) is 0 Å². The lowest BCUT2D eigenvalue weighted by atomic mass is 9.49. The van der Waals surface area contributed by atoms with Crippen molar-refractivity contribution in [2.45, 2.75) is 94.1 Å². The number of rotatable bonds is 10. The van der Waals surface area contributed by atoms with E-state index in [1.165, 1.54) is 91.4 Å². The van der Waals surface area contributed by atoms with E-state index in [2.05, 4.69) is 276 Å². The molecule has 0 spiro atoms. The molecule has 0 atom stereocenters. The Kier molecular flexibility index (Phi) is 23.5. The summed E-state index contributed by atoms with van der Waals surface area (Å²) in [5.41, 5.74) is -0.574. The van der Waals surface area contributed by atoms with E-state index in [9.17, 15) is 51.7 Å². The number of fused-ring (bicyclic) bond motifs is 3. The van der Waals surface area contributed by atoms with Gasteiger partial charge in [0.25, 0.3) is 0 Å². The first kappa shape index (κ1) is 70.2. The number of thiophene rings is 1. The van der Waals surface area contributed by atoms with Crippen molar-refractivity contribution in [2.24, 2.45) is 23.2 Å². The molecule has 11 aromatic carbocycles. The van der Waals surface area contributed by atoms with Crippen molar-refractivity contribution < 1.29 is 51.7 Å². The van der Waals surface area contributed by atoms with Gasteiger partial charge in [-0.15, -0.1) is 0 Å². The highest BCUT2D eigenvalue weighted by atomic mass is 32.2. The minimum Gasteiger partial charge on any atom is -0.550 e. The largest absolute Gasteiger partial charge is 0.550 e. The predicted molar refractivity (Wildman–Crippen MR) is 374 cm³/mol. The Balaban J connectivity index is 0.000000129. The molecule has 0 N–H and O–H groups in total. The zero-order chi connectivity index (χ0) is 68.6. The molecule has 4 fully saturated rings. The monoisotopic (exact) mass is 1350 g/mol. The van der Waals surface area contributed by atoms with Gasteiger partial charge in [-0.05, 0) is 182 Å². The first-order valence-corrected chi connectivity index (χ1v) is 35.5. The molecular weight excluding hydrogens is 1280 g/mol. The molecule has 12 aromatic rings. The molecule has 0 radical (unpaired) electrons. The smallest absolute Gasteiger partial charge is 0.200 e. The van der Waals surface area contributed by atoms with Crippen LogP contribution in [-0.4, -0.2) is 17.9 Å². The summed E-state index contributed by atoms with van der Waals surface area (Å²) in [6.45, 7) is 6.78. The quantitative estimate of drug-likeness (QED) is 0.0582. The molecule has 6 nitrogen and oxygen atoms in total. The third-order valence-electron chi connectivity index (χ3n) is 17.2. The second-order valence-corrected chi connectivity index (χ2v) is 31.0. The fourth-order valence-electron chi connectivity index (χ4n) is 13.1. The van der Waals surface area contributed by atoms with Crippen LogP contribution in [0.25, 0.3) is 25.1 Å². The van der Waals surface area contributed by atoms with Crippen LogP contribution in [0.2, 0.25) is 0 Å². The molecule has 4 bridgehead atoms. The first-order valence-electron chi connectivity index (χ1n) is 31.8. The highest BCUT2D eigenvalue weighted by Crippen LogP contribution is 2.60. The van der Waals surface area contributed by atoms with Crippen LogP contribution in [0, 0.1) is 52.3 Å². The van der Waals surface area contributed by atoms with E-state index in [1.54, 1.807) is 18.2 Å². The van der Waals surface area contributed by atoms with E-state index >= 15 is 0 Å². The molecule has 1 aromatic heterocycles. The molecule has 0 saturated heterocycles. The van der Waals surface area contributed by atoms with Gasteiger partial charge >= 0.3 is 0 Å². The highest BCUT2D eigenvalue weighted by Gasteiger charge is 2.51. The number of aliphatic carboxylic acids is 1. The third kappa shape index (κ3) is 17.2. The maximum Gasteiger partial charge on any atom is 0.200 e. The van der Waals surface area contributed by atoms with E-state index < -0.39 is 58.0 Å². The Hall–Kier alpha value is -9.60. The number of carboxylic acid groups (broad SMARTS) is 3. The Morgan fingerprint density at radius 3 is 0.959 bits per heavy atom. The second-order valence-electron chi connectivity index (χ2n) is 24.9. The summed E-state index contributed by atoms with van der Waals surface area (Å²) in [5, 5.41) is 34.0. The number of halogens is 5. The van der Waals surface area contributed by atoms with Gasteiger partial charge in [0.1, 0.15) is 0 Å². The molecule has 0 aliphatic heterocycles. The molecule has 14 heteroatoms. The van der Waals surface area contributed by atoms with Crippen LogP contribution in [0.15, 0.2) is 314 Å². The van der Waals surface area contributed by atoms with E-state index in [0.717, 1.165) is 19.3 Å². The summed E-state index contributed by atoms with van der Waals surface area (Å²) in [5.74, 6) is -14.1. The average molecular weight is 1360 g/mol. The van der Waals surface area contributed by atoms with Gasteiger partial charge in [0.15, 0.2) is 66.9 Å². The van der Waals surface area contributed by atoms with Gasteiger partial charge < -0.3 is 29.7 Å². The van der Waals surface area contributed by atoms with Crippen LogP contribution in [0.1, 0.15) is 85.6 Å². The molecule has 16 rings (SSSR count). The zero-order valence-corrected chi connectivity index (χ0v) is 56.1. The number of hydrogen-bond donors (Lipinski definition) is 0. The summed E-state index contributed by atoms with van der Waals surface area (Å²) in [6, 6.07) is 99.4. The van der Waals surface area contributed by atoms with Gasteiger partial charge in [-0.1, -0.05) is 197 Å². The normalized spacial score (nSPS) is 16.4. The Morgan fingerprint density at radius 2 is 0.660 bits per heavy atom. The number of carbonyl (C=O) groups is 3. The maximum atomic E-state index is 12.5. The summed E-state index contributed by atoms with van der Waals surface area (Å²) < 4.78 is 64.9. The molecule has 4 aliphatic carbocycles. The van der Waals surface area contributed by atoms with Gasteiger partial charge in [0.2, 0.25) is 5.82 Å². The third-order valence-corrected chi connectivity index (χ3v) is 24.0. The van der Waals surface area contributed by atoms with Gasteiger partial charge in [0.05, 0.1) is 39.3 Å². The van der Waals surface area contributed by atoms with Crippen molar-refractivity contribution in [1.29, 1.82) is 0 Å². The number of hydrogen-bond acceptors (Lipinski definition) is 6. The lowest BCUT2D eigenvalue weighted by molar-refractivity contribution is -0.327. The van der Waals surface area contributed by atoms with Crippen LogP contribution in [0.3, 0.4) is 0 Å². The molecule has 4 aliphatic rings. The van der Waals surface area contributed by atoms with E-state index in [0.29, 0.717) is 17.8 Å². The fourth-order valence-corrected chi connectivity index (χ4v) is 19.7. The van der Waals surface area contributed by atoms with Crippen molar-refractivity contribution in [3.05, 3.63) is 331 Å². The number of aromatic carboxylic acids is 2. The van der Waals surface area contributed by atoms with Crippen LogP contribution in [-0.2, 0) is 32.0 Å². The molecule has 0 unspecified atom stereocenters. The first-order chi connectivity index (χ1) is 46.8. The van der Waals surface area contributed by atoms with Crippen molar-refractivity contribution in [3.8, 4) is 4.90 Å². The lowest BCUT2D eigenvalue weighted by Gasteiger charge is -2.57. The fraction of sp³-hybridized carbons (Fsp3) is 0.169. The van der Waals surface area contributed by atoms with Gasteiger partial charge in [-0.25, -0.2) is 22.0 Å². The number of benzene rings is 11. The van der Waals surface area contributed by atoms with E-state index in [-0.39, 0.29) is 43.2 Å². The van der Waals surface area contributed by atoms with Crippen LogP contribution < -0.4 is 15.3 Å². The molecule has 97 heavy (non-hydrogen) atoms. The number of carboxylic acids is 3. The molecule has 4 saturated carbocycles. The standard InChI is InChI=1S/C22H23S.C18H13S.C18H15S.C11H16O2.C7HF5O2.C7H6O2/c1-22(2,3)18-14-16-21(17-15-18)23(19-10-6-4-7-11-19)20-12-8-5-9-13-20;1-2-8-14(9-3-1)19-17-12-6-4-10-15(17)16-11-5-7-13-18(16)19;1-4-10-16(11-5-1)19(17-12-6-2-7-13-17)18-14-8-3-9-15-18;12-10(13)11-4-7-1-8(5-11)3-9(2-7)6-11;8-2-1(7(13)14)3(9)5(11)6(12)4(2)10;8-7(9)6-4-2-1-3-5-6/h4-17H,1-3H3;1-13H;1-15H;7-9H,1-6H2,(H,12,13);(H,13,14);1-5H,(H,8,9)/q3*+1;;;/p-3.